The summed E-state index contributed by atoms with van der Waals surface area (Å²) < 4.78 is 11.0. The molecule has 3 atom stereocenters. The van der Waals surface area contributed by atoms with Crippen LogP contribution in [-0.4, -0.2) is 103 Å². The Morgan fingerprint density at radius 1 is 1.02 bits per heavy atom. The molecule has 4 N–H and O–H groups in total. The van der Waals surface area contributed by atoms with E-state index in [1.807, 2.05) is 35.7 Å². The molecular weight excluding hydrogens is 596 g/mol. The summed E-state index contributed by atoms with van der Waals surface area (Å²) in [5.41, 5.74) is 2.76. The van der Waals surface area contributed by atoms with Crippen molar-refractivity contribution in [1.29, 1.82) is 0 Å². The van der Waals surface area contributed by atoms with Gasteiger partial charge >= 0.3 is 0 Å². The van der Waals surface area contributed by atoms with E-state index in [4.69, 9.17) is 9.47 Å². The molecule has 0 bridgehead atoms. The number of nitrogens with one attached hydrogen (secondary N) is 3. The average molecular weight is 635 g/mol. The van der Waals surface area contributed by atoms with Crippen molar-refractivity contribution in [1.82, 2.24) is 25.4 Å². The van der Waals surface area contributed by atoms with Crippen LogP contribution in [0.15, 0.2) is 60.0 Å². The summed E-state index contributed by atoms with van der Waals surface area (Å²) in [6.45, 7) is 4.71. The van der Waals surface area contributed by atoms with Crippen molar-refractivity contribution in [2.24, 2.45) is 5.92 Å². The number of rotatable bonds is 12. The number of thiazole rings is 1. The number of nitrogens with zero attached hydrogens (tertiary/aromatic N) is 3. The number of carbonyl (C=O) groups excluding carboxylic acids is 3. The minimum absolute atomic E-state index is 0.00112. The molecule has 2 saturated heterocycles. The Morgan fingerprint density at radius 2 is 1.78 bits per heavy atom. The van der Waals surface area contributed by atoms with E-state index >= 15 is 0 Å². The summed E-state index contributed by atoms with van der Waals surface area (Å²) in [7, 11) is 0. The summed E-state index contributed by atoms with van der Waals surface area (Å²) in [5.74, 6) is -0.665. The van der Waals surface area contributed by atoms with Crippen LogP contribution in [0.2, 0.25) is 0 Å². The lowest BCUT2D eigenvalue weighted by atomic mass is 10.0. The quantitative estimate of drug-likeness (QED) is 0.220. The SMILES string of the molecule is O=C(NCCN1CCOCC1)c1ccc(-c2csc(NC(O)C3COCN3C(=O)C(NC(=O)C3CC3)c3ccccc3)n2)cc1. The smallest absolute Gasteiger partial charge is 0.252 e. The minimum atomic E-state index is -1.16. The van der Waals surface area contributed by atoms with E-state index < -0.39 is 18.3 Å². The number of aromatic nitrogens is 1. The molecule has 3 amide bonds. The van der Waals surface area contributed by atoms with Gasteiger partial charge < -0.3 is 35.4 Å². The van der Waals surface area contributed by atoms with Crippen LogP contribution < -0.4 is 16.0 Å². The zero-order valence-corrected chi connectivity index (χ0v) is 25.7. The Balaban J connectivity index is 1.05. The first-order valence-corrected chi connectivity index (χ1v) is 16.2. The standard InChI is InChI=1S/C32H38N6O6S/c39-28(33-12-13-37-14-16-43-17-15-37)23-8-6-21(7-9-23)25-19-45-32(34-25)36-30(41)26-18-44-20-38(26)31(42)27(22-4-2-1-3-5-22)35-29(40)24-10-11-24/h1-9,19,24,26-27,30,41H,10-18,20H2,(H,33,39)(H,34,36)(H,35,40). The van der Waals surface area contributed by atoms with Gasteiger partial charge in [-0.3, -0.25) is 19.3 Å². The van der Waals surface area contributed by atoms with E-state index in [0.717, 1.165) is 51.3 Å². The third-order valence-corrected chi connectivity index (χ3v) is 8.99. The van der Waals surface area contributed by atoms with Crippen LogP contribution in [0.4, 0.5) is 5.13 Å². The first kappa shape index (κ1) is 31.1. The predicted molar refractivity (Wildman–Crippen MR) is 168 cm³/mol. The number of hydrogen-bond acceptors (Lipinski definition) is 10. The van der Waals surface area contributed by atoms with Gasteiger partial charge in [0.25, 0.3) is 11.8 Å². The number of morpholine rings is 1. The van der Waals surface area contributed by atoms with Crippen LogP contribution >= 0.6 is 11.3 Å². The van der Waals surface area contributed by atoms with Crippen LogP contribution in [0.5, 0.6) is 0 Å². The topological polar surface area (TPSA) is 145 Å². The van der Waals surface area contributed by atoms with Crippen LogP contribution in [0.3, 0.4) is 0 Å². The van der Waals surface area contributed by atoms with Crippen LogP contribution in [0, 0.1) is 5.92 Å². The fraction of sp³-hybridized carbons (Fsp3) is 0.438. The van der Waals surface area contributed by atoms with Crippen LogP contribution in [-0.2, 0) is 19.1 Å². The van der Waals surface area contributed by atoms with Crippen molar-refractivity contribution in [3.63, 3.8) is 0 Å². The molecule has 3 heterocycles. The van der Waals surface area contributed by atoms with Crippen molar-refractivity contribution < 1.29 is 29.0 Å². The number of carbonyl (C=O) groups is 3. The maximum Gasteiger partial charge on any atom is 0.252 e. The molecule has 2 aromatic carbocycles. The Labute approximate surface area is 265 Å². The van der Waals surface area contributed by atoms with Gasteiger partial charge in [-0.05, 0) is 30.5 Å². The van der Waals surface area contributed by atoms with Gasteiger partial charge in [0.1, 0.15) is 25.0 Å². The van der Waals surface area contributed by atoms with E-state index in [1.54, 1.807) is 24.3 Å². The van der Waals surface area contributed by atoms with E-state index in [2.05, 4.69) is 25.8 Å². The second kappa shape index (κ2) is 14.5. The molecule has 3 aromatic rings. The zero-order valence-electron chi connectivity index (χ0n) is 24.9. The second-order valence-electron chi connectivity index (χ2n) is 11.4. The number of benzene rings is 2. The van der Waals surface area contributed by atoms with Crippen molar-refractivity contribution in [2.45, 2.75) is 31.2 Å². The molecule has 3 aliphatic rings. The molecule has 2 aliphatic heterocycles. The third-order valence-electron chi connectivity index (χ3n) is 8.22. The van der Waals surface area contributed by atoms with Crippen molar-refractivity contribution >= 4 is 34.2 Å². The zero-order chi connectivity index (χ0) is 31.2. The van der Waals surface area contributed by atoms with E-state index in [0.29, 0.717) is 28.5 Å². The van der Waals surface area contributed by atoms with Gasteiger partial charge in [-0.1, -0.05) is 42.5 Å². The number of amides is 3. The first-order valence-electron chi connectivity index (χ1n) is 15.3. The molecule has 1 saturated carbocycles. The highest BCUT2D eigenvalue weighted by Gasteiger charge is 2.40. The summed E-state index contributed by atoms with van der Waals surface area (Å²) >= 11 is 1.32. The van der Waals surface area contributed by atoms with Gasteiger partial charge in [0.15, 0.2) is 5.13 Å². The third kappa shape index (κ3) is 7.86. The maximum atomic E-state index is 13.7. The Morgan fingerprint density at radius 3 is 2.51 bits per heavy atom. The molecule has 12 nitrogen and oxygen atoms in total. The normalized spacial score (nSPS) is 19.9. The van der Waals surface area contributed by atoms with Crippen LogP contribution in [0.25, 0.3) is 11.3 Å². The van der Waals surface area contributed by atoms with Gasteiger partial charge in [0.2, 0.25) is 5.91 Å². The molecule has 13 heteroatoms. The molecule has 45 heavy (non-hydrogen) atoms. The molecule has 1 aliphatic carbocycles. The lowest BCUT2D eigenvalue weighted by Crippen LogP contribution is -2.51. The lowest BCUT2D eigenvalue weighted by molar-refractivity contribution is -0.140. The van der Waals surface area contributed by atoms with Crippen molar-refractivity contribution in [3.8, 4) is 11.3 Å². The Hall–Kier alpha value is -3.88. The largest absolute Gasteiger partial charge is 0.379 e. The number of aliphatic hydroxyl groups is 1. The number of anilines is 1. The van der Waals surface area contributed by atoms with E-state index in [1.165, 1.54) is 16.2 Å². The van der Waals surface area contributed by atoms with Gasteiger partial charge in [0.05, 0.1) is 25.5 Å². The molecule has 238 valence electrons. The highest BCUT2D eigenvalue weighted by atomic mass is 32.1. The van der Waals surface area contributed by atoms with Gasteiger partial charge in [-0.2, -0.15) is 0 Å². The van der Waals surface area contributed by atoms with Gasteiger partial charge in [-0.15, -0.1) is 11.3 Å². The molecule has 6 rings (SSSR count). The van der Waals surface area contributed by atoms with Crippen LogP contribution in [0.1, 0.15) is 34.8 Å². The number of ether oxygens (including phenoxy) is 2. The number of aliphatic hydroxyl groups excluding tert-OH is 1. The minimum Gasteiger partial charge on any atom is -0.379 e. The molecule has 0 radical (unpaired) electrons. The molecular formula is C32H38N6O6S. The van der Waals surface area contributed by atoms with Crippen molar-refractivity contribution in [3.05, 3.63) is 71.1 Å². The second-order valence-corrected chi connectivity index (χ2v) is 12.3. The molecule has 1 aromatic heterocycles. The van der Waals surface area contributed by atoms with E-state index in [9.17, 15) is 19.5 Å². The summed E-state index contributed by atoms with van der Waals surface area (Å²) in [6, 6.07) is 14.8. The highest BCUT2D eigenvalue weighted by Crippen LogP contribution is 2.31. The lowest BCUT2D eigenvalue weighted by Gasteiger charge is -2.30. The fourth-order valence-corrected chi connectivity index (χ4v) is 6.14. The van der Waals surface area contributed by atoms with Crippen molar-refractivity contribution in [2.75, 3.05) is 58.0 Å². The Kier molecular flexibility index (Phi) is 10.0. The maximum absolute atomic E-state index is 13.7. The molecule has 3 unspecified atom stereocenters. The first-order chi connectivity index (χ1) is 22.0. The Bertz CT molecular complexity index is 1460. The number of hydrogen-bond donors (Lipinski definition) is 4. The van der Waals surface area contributed by atoms with Gasteiger partial charge in [-0.25, -0.2) is 4.98 Å². The summed E-state index contributed by atoms with van der Waals surface area (Å²) in [6.07, 6.45) is 0.490. The summed E-state index contributed by atoms with van der Waals surface area (Å²) in [5, 5.41) is 22.4. The monoisotopic (exact) mass is 634 g/mol. The van der Waals surface area contributed by atoms with Gasteiger partial charge in [0, 0.05) is 48.6 Å². The molecule has 3 fully saturated rings. The van der Waals surface area contributed by atoms with E-state index in [-0.39, 0.29) is 37.0 Å². The summed E-state index contributed by atoms with van der Waals surface area (Å²) in [4.78, 5) is 47.3. The fourth-order valence-electron chi connectivity index (χ4n) is 5.39. The predicted octanol–water partition coefficient (Wildman–Crippen LogP) is 2.05. The highest BCUT2D eigenvalue weighted by molar-refractivity contribution is 7.14. The molecule has 0 spiro atoms. The average Bonchev–Trinajstić information content (AvgIpc) is 3.63.